The lowest BCUT2D eigenvalue weighted by atomic mass is 10.0. The van der Waals surface area contributed by atoms with Crippen LogP contribution in [-0.4, -0.2) is 40.8 Å². The lowest BCUT2D eigenvalue weighted by molar-refractivity contribution is -0.133. The molecular weight excluding hydrogens is 358 g/mol. The van der Waals surface area contributed by atoms with E-state index in [-0.39, 0.29) is 17.9 Å². The minimum atomic E-state index is 0.0748. The molecule has 2 aromatic rings. The highest BCUT2D eigenvalue weighted by atomic mass is 32.1. The fourth-order valence-corrected chi connectivity index (χ4v) is 4.22. The van der Waals surface area contributed by atoms with Crippen molar-refractivity contribution in [3.63, 3.8) is 0 Å². The monoisotopic (exact) mass is 385 g/mol. The molecule has 5 nitrogen and oxygen atoms in total. The molecule has 1 atom stereocenters. The summed E-state index contributed by atoms with van der Waals surface area (Å²) >= 11 is 1.61. The molecule has 3 rings (SSSR count). The average molecular weight is 386 g/mol. The predicted molar refractivity (Wildman–Crippen MR) is 108 cm³/mol. The number of carbonyl (C=O) groups is 2. The van der Waals surface area contributed by atoms with E-state index in [1.54, 1.807) is 11.3 Å². The van der Waals surface area contributed by atoms with Gasteiger partial charge in [-0.25, -0.2) is 4.98 Å². The number of rotatable bonds is 7. The number of amides is 2. The topological polar surface area (TPSA) is 62.3 Å². The molecule has 0 saturated carbocycles. The van der Waals surface area contributed by atoms with Crippen molar-refractivity contribution >= 4 is 23.2 Å². The number of benzene rings is 1. The van der Waals surface area contributed by atoms with Crippen molar-refractivity contribution in [1.82, 2.24) is 15.2 Å². The molecule has 144 valence electrons. The minimum Gasteiger partial charge on any atom is -0.352 e. The van der Waals surface area contributed by atoms with Gasteiger partial charge in [0.05, 0.1) is 17.1 Å². The van der Waals surface area contributed by atoms with Gasteiger partial charge in [-0.15, -0.1) is 11.3 Å². The van der Waals surface area contributed by atoms with Gasteiger partial charge in [0.15, 0.2) is 0 Å². The molecule has 0 radical (unpaired) electrons. The third-order valence-electron chi connectivity index (χ3n) is 4.75. The summed E-state index contributed by atoms with van der Waals surface area (Å²) in [5.74, 6) is 0.183. The summed E-state index contributed by atoms with van der Waals surface area (Å²) in [7, 11) is 0. The van der Waals surface area contributed by atoms with Crippen LogP contribution in [0.1, 0.15) is 48.9 Å². The molecule has 0 aliphatic carbocycles. The van der Waals surface area contributed by atoms with Crippen LogP contribution in [0.2, 0.25) is 0 Å². The van der Waals surface area contributed by atoms with Crippen molar-refractivity contribution in [1.29, 1.82) is 0 Å². The summed E-state index contributed by atoms with van der Waals surface area (Å²) in [5, 5.41) is 6.07. The van der Waals surface area contributed by atoms with Gasteiger partial charge < -0.3 is 10.2 Å². The van der Waals surface area contributed by atoms with Gasteiger partial charge in [-0.05, 0) is 24.8 Å². The maximum Gasteiger partial charge on any atom is 0.228 e. The zero-order valence-corrected chi connectivity index (χ0v) is 16.6. The van der Waals surface area contributed by atoms with Crippen molar-refractivity contribution < 1.29 is 9.59 Å². The normalized spacial score (nSPS) is 16.9. The zero-order valence-electron chi connectivity index (χ0n) is 15.8. The van der Waals surface area contributed by atoms with Crippen molar-refractivity contribution in [3.8, 4) is 0 Å². The number of nitrogens with one attached hydrogen (secondary N) is 1. The number of hydrogen-bond acceptors (Lipinski definition) is 4. The molecule has 1 aromatic heterocycles. The van der Waals surface area contributed by atoms with Gasteiger partial charge in [0.1, 0.15) is 0 Å². The standard InChI is InChI=1S/C21H27N3O2S/c1-2-7-19(25)22-17-10-6-11-24(14-17)21(26)13-18-15-27-20(23-18)12-16-8-4-3-5-9-16/h3-5,8-9,15,17H,2,6-7,10-14H2,1H3,(H,22,25). The van der Waals surface area contributed by atoms with Crippen molar-refractivity contribution in [3.05, 3.63) is 52.0 Å². The van der Waals surface area contributed by atoms with Crippen molar-refractivity contribution in [2.75, 3.05) is 13.1 Å². The molecule has 2 heterocycles. The molecular formula is C21H27N3O2S. The predicted octanol–water partition coefficient (Wildman–Crippen LogP) is 3.18. The van der Waals surface area contributed by atoms with Gasteiger partial charge >= 0.3 is 0 Å². The summed E-state index contributed by atoms with van der Waals surface area (Å²) < 4.78 is 0. The van der Waals surface area contributed by atoms with Crippen LogP contribution >= 0.6 is 11.3 Å². The van der Waals surface area contributed by atoms with Gasteiger partial charge in [-0.1, -0.05) is 37.3 Å². The minimum absolute atomic E-state index is 0.0748. The average Bonchev–Trinajstić information content (AvgIpc) is 3.09. The third-order valence-corrected chi connectivity index (χ3v) is 5.64. The Morgan fingerprint density at radius 3 is 2.89 bits per heavy atom. The Bertz CT molecular complexity index is 760. The number of thiazole rings is 1. The van der Waals surface area contributed by atoms with Crippen LogP contribution in [0.4, 0.5) is 0 Å². The second-order valence-electron chi connectivity index (χ2n) is 7.07. The Morgan fingerprint density at radius 1 is 1.30 bits per heavy atom. The molecule has 1 aromatic carbocycles. The van der Waals surface area contributed by atoms with E-state index in [0.29, 0.717) is 19.4 Å². The molecule has 2 amide bonds. The van der Waals surface area contributed by atoms with E-state index in [4.69, 9.17) is 0 Å². The smallest absolute Gasteiger partial charge is 0.228 e. The molecule has 1 saturated heterocycles. The number of hydrogen-bond donors (Lipinski definition) is 1. The molecule has 27 heavy (non-hydrogen) atoms. The van der Waals surface area contributed by atoms with Crippen LogP contribution in [0.15, 0.2) is 35.7 Å². The molecule has 1 fully saturated rings. The van der Waals surface area contributed by atoms with Crippen molar-refractivity contribution in [2.45, 2.75) is 51.5 Å². The molecule has 0 spiro atoms. The SMILES string of the molecule is CCCC(=O)NC1CCCN(C(=O)Cc2csc(Cc3ccccc3)n2)C1. The highest BCUT2D eigenvalue weighted by Gasteiger charge is 2.25. The first-order valence-corrected chi connectivity index (χ1v) is 10.6. The van der Waals surface area contributed by atoms with E-state index in [9.17, 15) is 9.59 Å². The zero-order chi connectivity index (χ0) is 19.1. The Hall–Kier alpha value is -2.21. The van der Waals surface area contributed by atoms with Gasteiger partial charge in [0, 0.05) is 37.4 Å². The second kappa shape index (κ2) is 9.65. The Morgan fingerprint density at radius 2 is 2.11 bits per heavy atom. The number of piperidine rings is 1. The van der Waals surface area contributed by atoms with E-state index in [1.807, 2.05) is 35.4 Å². The lowest BCUT2D eigenvalue weighted by Crippen LogP contribution is -2.50. The first-order valence-electron chi connectivity index (χ1n) is 9.68. The highest BCUT2D eigenvalue weighted by Crippen LogP contribution is 2.17. The second-order valence-corrected chi connectivity index (χ2v) is 8.01. The lowest BCUT2D eigenvalue weighted by Gasteiger charge is -2.33. The fourth-order valence-electron chi connectivity index (χ4n) is 3.40. The van der Waals surface area contributed by atoms with E-state index >= 15 is 0 Å². The summed E-state index contributed by atoms with van der Waals surface area (Å²) in [5.41, 5.74) is 2.07. The fraction of sp³-hybridized carbons (Fsp3) is 0.476. The Kier molecular flexibility index (Phi) is 6.98. The Labute approximate surface area is 164 Å². The van der Waals surface area contributed by atoms with Crippen LogP contribution in [-0.2, 0) is 22.4 Å². The first kappa shape index (κ1) is 19.5. The first-order chi connectivity index (χ1) is 13.1. The van der Waals surface area contributed by atoms with E-state index in [2.05, 4.69) is 22.4 Å². The van der Waals surface area contributed by atoms with Gasteiger partial charge in [-0.3, -0.25) is 9.59 Å². The maximum absolute atomic E-state index is 12.7. The van der Waals surface area contributed by atoms with Crippen LogP contribution in [0.3, 0.4) is 0 Å². The molecule has 6 heteroatoms. The summed E-state index contributed by atoms with van der Waals surface area (Å²) in [6.07, 6.45) is 4.40. The van der Waals surface area contributed by atoms with Gasteiger partial charge in [0.2, 0.25) is 11.8 Å². The summed E-state index contributed by atoms with van der Waals surface area (Å²) in [4.78, 5) is 31.0. The molecule has 1 aliphatic rings. The number of carbonyl (C=O) groups excluding carboxylic acids is 2. The third kappa shape index (κ3) is 5.89. The van der Waals surface area contributed by atoms with E-state index < -0.39 is 0 Å². The number of likely N-dealkylation sites (tertiary alicyclic amines) is 1. The molecule has 0 bridgehead atoms. The van der Waals surface area contributed by atoms with Gasteiger partial charge in [-0.2, -0.15) is 0 Å². The highest BCUT2D eigenvalue weighted by molar-refractivity contribution is 7.09. The van der Waals surface area contributed by atoms with E-state index in [1.165, 1.54) is 5.56 Å². The Balaban J connectivity index is 1.52. The van der Waals surface area contributed by atoms with Crippen LogP contribution in [0.5, 0.6) is 0 Å². The quantitative estimate of drug-likeness (QED) is 0.796. The van der Waals surface area contributed by atoms with Crippen LogP contribution < -0.4 is 5.32 Å². The largest absolute Gasteiger partial charge is 0.352 e. The van der Waals surface area contributed by atoms with Crippen molar-refractivity contribution in [2.24, 2.45) is 0 Å². The summed E-state index contributed by atoms with van der Waals surface area (Å²) in [6.45, 7) is 3.37. The van der Waals surface area contributed by atoms with Gasteiger partial charge in [0.25, 0.3) is 0 Å². The molecule has 1 aliphatic heterocycles. The molecule has 1 unspecified atom stereocenters. The van der Waals surface area contributed by atoms with Crippen LogP contribution in [0, 0.1) is 0 Å². The number of aromatic nitrogens is 1. The summed E-state index contributed by atoms with van der Waals surface area (Å²) in [6, 6.07) is 10.3. The maximum atomic E-state index is 12.7. The van der Waals surface area contributed by atoms with E-state index in [0.717, 1.165) is 42.9 Å². The van der Waals surface area contributed by atoms with Crippen LogP contribution in [0.25, 0.3) is 0 Å². The molecule has 1 N–H and O–H groups in total. The number of nitrogens with zero attached hydrogens (tertiary/aromatic N) is 2.